The second-order valence-corrected chi connectivity index (χ2v) is 6.35. The number of rotatable bonds is 4. The molecular formula is C17H13N5O2S. The lowest BCUT2D eigenvalue weighted by Crippen LogP contribution is -2.22. The van der Waals surface area contributed by atoms with E-state index in [1.54, 1.807) is 12.1 Å². The molecule has 0 unspecified atom stereocenters. The number of thiazole rings is 1. The van der Waals surface area contributed by atoms with Crippen LogP contribution in [0.15, 0.2) is 52.9 Å². The third-order valence-electron chi connectivity index (χ3n) is 3.55. The molecule has 7 nitrogen and oxygen atoms in total. The average molecular weight is 351 g/mol. The van der Waals surface area contributed by atoms with Crippen molar-refractivity contribution in [3.63, 3.8) is 0 Å². The first kappa shape index (κ1) is 15.3. The van der Waals surface area contributed by atoms with Gasteiger partial charge in [-0.25, -0.2) is 4.98 Å². The molecule has 4 rings (SSSR count). The van der Waals surface area contributed by atoms with Crippen LogP contribution >= 0.6 is 11.3 Å². The average Bonchev–Trinajstić information content (AvgIpc) is 3.25. The second kappa shape index (κ2) is 6.33. The minimum absolute atomic E-state index is 0.149. The van der Waals surface area contributed by atoms with Crippen molar-refractivity contribution in [3.8, 4) is 11.5 Å². The zero-order valence-electron chi connectivity index (χ0n) is 13.0. The van der Waals surface area contributed by atoms with Crippen LogP contribution in [0.2, 0.25) is 0 Å². The highest BCUT2D eigenvalue weighted by molar-refractivity contribution is 7.22. The molecule has 2 aromatic carbocycles. The quantitative estimate of drug-likeness (QED) is 0.585. The van der Waals surface area contributed by atoms with Gasteiger partial charge in [0, 0.05) is 11.1 Å². The zero-order chi connectivity index (χ0) is 17.2. The van der Waals surface area contributed by atoms with Gasteiger partial charge < -0.3 is 15.5 Å². The Bertz CT molecular complexity index is 1040. The summed E-state index contributed by atoms with van der Waals surface area (Å²) in [4.78, 5) is 16.5. The molecule has 0 saturated carbocycles. The summed E-state index contributed by atoms with van der Waals surface area (Å²) in [5.74, 6) is 0.517. The summed E-state index contributed by atoms with van der Waals surface area (Å²) in [6, 6.07) is 14.7. The molecular weight excluding hydrogens is 338 g/mol. The summed E-state index contributed by atoms with van der Waals surface area (Å²) in [5, 5.41) is 11.2. The molecule has 0 atom stereocenters. The Morgan fingerprint density at radius 3 is 2.84 bits per heavy atom. The summed E-state index contributed by atoms with van der Waals surface area (Å²) in [6.45, 7) is 0.149. The molecule has 0 bridgehead atoms. The van der Waals surface area contributed by atoms with Crippen LogP contribution in [0, 0.1) is 0 Å². The van der Waals surface area contributed by atoms with Gasteiger partial charge in [0.2, 0.25) is 11.8 Å². The monoisotopic (exact) mass is 351 g/mol. The number of nitrogen functional groups attached to an aromatic ring is 1. The Balaban J connectivity index is 1.45. The number of aromatic nitrogens is 3. The summed E-state index contributed by atoms with van der Waals surface area (Å²) < 4.78 is 6.51. The lowest BCUT2D eigenvalue weighted by atomic mass is 10.2. The van der Waals surface area contributed by atoms with E-state index in [1.807, 2.05) is 36.4 Å². The van der Waals surface area contributed by atoms with Gasteiger partial charge in [0.1, 0.15) is 0 Å². The number of amides is 1. The van der Waals surface area contributed by atoms with Crippen molar-refractivity contribution >= 4 is 32.6 Å². The van der Waals surface area contributed by atoms with Crippen LogP contribution < -0.4 is 11.1 Å². The van der Waals surface area contributed by atoms with Gasteiger partial charge in [-0.05, 0) is 30.3 Å². The smallest absolute Gasteiger partial charge is 0.251 e. The van der Waals surface area contributed by atoms with Gasteiger partial charge in [0.25, 0.3) is 5.91 Å². The first-order chi connectivity index (χ1) is 12.2. The van der Waals surface area contributed by atoms with Gasteiger partial charge in [0.15, 0.2) is 5.13 Å². The molecule has 8 heteroatoms. The van der Waals surface area contributed by atoms with E-state index in [-0.39, 0.29) is 12.5 Å². The van der Waals surface area contributed by atoms with Gasteiger partial charge in [-0.1, -0.05) is 29.5 Å². The van der Waals surface area contributed by atoms with E-state index in [0.717, 1.165) is 10.3 Å². The molecule has 0 spiro atoms. The van der Waals surface area contributed by atoms with E-state index >= 15 is 0 Å². The van der Waals surface area contributed by atoms with Gasteiger partial charge in [0.05, 0.1) is 16.8 Å². The second-order valence-electron chi connectivity index (χ2n) is 5.28. The molecule has 0 aliphatic carbocycles. The van der Waals surface area contributed by atoms with Gasteiger partial charge in [-0.15, -0.1) is 10.2 Å². The van der Waals surface area contributed by atoms with Gasteiger partial charge in [-0.2, -0.15) is 0 Å². The number of fused-ring (bicyclic) bond motifs is 1. The molecule has 1 amide bonds. The molecule has 4 aromatic rings. The molecule has 0 saturated heterocycles. The molecule has 0 aliphatic rings. The summed E-state index contributed by atoms with van der Waals surface area (Å²) >= 11 is 1.39. The van der Waals surface area contributed by atoms with Crippen molar-refractivity contribution in [1.29, 1.82) is 0 Å². The van der Waals surface area contributed by atoms with E-state index in [9.17, 15) is 4.79 Å². The van der Waals surface area contributed by atoms with E-state index in [1.165, 1.54) is 11.3 Å². The Hall–Kier alpha value is -3.26. The molecule has 0 radical (unpaired) electrons. The molecule has 2 heterocycles. The summed E-state index contributed by atoms with van der Waals surface area (Å²) in [7, 11) is 0. The van der Waals surface area contributed by atoms with Crippen LogP contribution in [-0.2, 0) is 6.54 Å². The fraction of sp³-hybridized carbons (Fsp3) is 0.0588. The van der Waals surface area contributed by atoms with Crippen LogP contribution in [-0.4, -0.2) is 21.1 Å². The van der Waals surface area contributed by atoms with Crippen molar-refractivity contribution in [2.24, 2.45) is 0 Å². The number of hydrogen-bond acceptors (Lipinski definition) is 7. The van der Waals surface area contributed by atoms with Crippen molar-refractivity contribution in [1.82, 2.24) is 20.5 Å². The number of hydrogen-bond donors (Lipinski definition) is 2. The van der Waals surface area contributed by atoms with Crippen LogP contribution in [0.3, 0.4) is 0 Å². The highest BCUT2D eigenvalue weighted by atomic mass is 32.1. The van der Waals surface area contributed by atoms with Crippen molar-refractivity contribution in [2.45, 2.75) is 6.54 Å². The SMILES string of the molecule is Nc1nc2cc(C(=O)NCc3nnc(-c4ccccc4)o3)ccc2s1. The molecule has 25 heavy (non-hydrogen) atoms. The Labute approximate surface area is 146 Å². The highest BCUT2D eigenvalue weighted by Gasteiger charge is 2.12. The van der Waals surface area contributed by atoms with Crippen molar-refractivity contribution < 1.29 is 9.21 Å². The number of anilines is 1. The lowest BCUT2D eigenvalue weighted by Gasteiger charge is -2.02. The van der Waals surface area contributed by atoms with Crippen molar-refractivity contribution in [2.75, 3.05) is 5.73 Å². The number of benzene rings is 2. The number of nitrogens with one attached hydrogen (secondary N) is 1. The molecule has 3 N–H and O–H groups in total. The van der Waals surface area contributed by atoms with Gasteiger partial charge >= 0.3 is 0 Å². The third-order valence-corrected chi connectivity index (χ3v) is 4.42. The van der Waals surface area contributed by atoms with E-state index in [4.69, 9.17) is 10.2 Å². The zero-order valence-corrected chi connectivity index (χ0v) is 13.8. The third kappa shape index (κ3) is 3.20. The normalized spacial score (nSPS) is 10.9. The maximum atomic E-state index is 12.3. The molecule has 2 aromatic heterocycles. The van der Waals surface area contributed by atoms with Crippen LogP contribution in [0.1, 0.15) is 16.2 Å². The highest BCUT2D eigenvalue weighted by Crippen LogP contribution is 2.24. The lowest BCUT2D eigenvalue weighted by molar-refractivity contribution is 0.0947. The predicted molar refractivity (Wildman–Crippen MR) is 94.9 cm³/mol. The Morgan fingerprint density at radius 1 is 1.16 bits per heavy atom. The summed E-state index contributed by atoms with van der Waals surface area (Å²) in [6.07, 6.45) is 0. The first-order valence-corrected chi connectivity index (χ1v) is 8.33. The minimum Gasteiger partial charge on any atom is -0.419 e. The van der Waals surface area contributed by atoms with Crippen LogP contribution in [0.5, 0.6) is 0 Å². The maximum Gasteiger partial charge on any atom is 0.251 e. The fourth-order valence-corrected chi connectivity index (χ4v) is 3.08. The predicted octanol–water partition coefficient (Wildman–Crippen LogP) is 2.86. The number of carbonyl (C=O) groups is 1. The van der Waals surface area contributed by atoms with Crippen LogP contribution in [0.25, 0.3) is 21.7 Å². The number of carbonyl (C=O) groups excluding carboxylic acids is 1. The Morgan fingerprint density at radius 2 is 2.00 bits per heavy atom. The number of nitrogens with zero attached hydrogens (tertiary/aromatic N) is 3. The van der Waals surface area contributed by atoms with Crippen molar-refractivity contribution in [3.05, 3.63) is 60.0 Å². The van der Waals surface area contributed by atoms with E-state index < -0.39 is 0 Å². The minimum atomic E-state index is -0.243. The fourth-order valence-electron chi connectivity index (χ4n) is 2.37. The molecule has 0 aliphatic heterocycles. The maximum absolute atomic E-state index is 12.3. The van der Waals surface area contributed by atoms with E-state index in [0.29, 0.717) is 28.0 Å². The molecule has 124 valence electrons. The van der Waals surface area contributed by atoms with Gasteiger partial charge in [-0.3, -0.25) is 4.79 Å². The van der Waals surface area contributed by atoms with E-state index in [2.05, 4.69) is 20.5 Å². The summed E-state index contributed by atoms with van der Waals surface area (Å²) in [5.41, 5.74) is 7.72. The standard InChI is InChI=1S/C17H13N5O2S/c18-17-20-12-8-11(6-7-13(12)25-17)15(23)19-9-14-21-22-16(24-14)10-4-2-1-3-5-10/h1-8H,9H2,(H2,18,20)(H,19,23). The molecule has 0 fully saturated rings. The largest absolute Gasteiger partial charge is 0.419 e. The topological polar surface area (TPSA) is 107 Å². The first-order valence-electron chi connectivity index (χ1n) is 7.51. The Kier molecular flexibility index (Phi) is 3.87. The van der Waals surface area contributed by atoms with Crippen LogP contribution in [0.4, 0.5) is 5.13 Å². The number of nitrogens with two attached hydrogens (primary N) is 1.